The van der Waals surface area contributed by atoms with Crippen LogP contribution >= 0.6 is 0 Å². The summed E-state index contributed by atoms with van der Waals surface area (Å²) in [7, 11) is 1.35. The molecule has 5 aliphatic rings. The van der Waals surface area contributed by atoms with Gasteiger partial charge in [0.25, 0.3) is 0 Å². The van der Waals surface area contributed by atoms with E-state index in [1.807, 2.05) is 30.3 Å². The lowest BCUT2D eigenvalue weighted by Crippen LogP contribution is -2.67. The van der Waals surface area contributed by atoms with E-state index >= 15 is 0 Å². The Balaban J connectivity index is 1.01. The largest absolute Gasteiger partial charge is 0.481 e. The molecule has 5 aliphatic carbocycles. The second-order valence-corrected chi connectivity index (χ2v) is 23.5. The van der Waals surface area contributed by atoms with Crippen molar-refractivity contribution in [1.82, 2.24) is 10.6 Å². The van der Waals surface area contributed by atoms with E-state index in [2.05, 4.69) is 58.8 Å². The van der Waals surface area contributed by atoms with Crippen LogP contribution in [0.3, 0.4) is 0 Å². The molecule has 0 spiro atoms. The van der Waals surface area contributed by atoms with Crippen molar-refractivity contribution in [3.63, 3.8) is 0 Å². The molecule has 0 radical (unpaired) electrons. The number of esters is 2. The number of hydrogen-bond acceptors (Lipinski definition) is 7. The average Bonchev–Trinajstić information content (AvgIpc) is 3.65. The lowest BCUT2D eigenvalue weighted by atomic mass is 9.32. The molecular weight excluding hydrogens is 817 g/mol. The van der Waals surface area contributed by atoms with Crippen LogP contribution < -0.4 is 10.6 Å². The van der Waals surface area contributed by atoms with E-state index in [0.717, 1.165) is 108 Å². The van der Waals surface area contributed by atoms with Gasteiger partial charge in [0, 0.05) is 24.8 Å². The van der Waals surface area contributed by atoms with Crippen LogP contribution in [-0.4, -0.2) is 60.6 Å². The van der Waals surface area contributed by atoms with E-state index in [9.17, 15) is 29.1 Å². The highest BCUT2D eigenvalue weighted by Gasteiger charge is 2.72. The summed E-state index contributed by atoms with van der Waals surface area (Å²) >= 11 is 0. The van der Waals surface area contributed by atoms with Gasteiger partial charge in [0.2, 0.25) is 11.8 Å². The number of carboxylic acids is 1. The predicted molar refractivity (Wildman–Crippen MR) is 254 cm³/mol. The van der Waals surface area contributed by atoms with Crippen LogP contribution in [-0.2, 0) is 39.9 Å². The number of carboxylic acid groups (broad SMARTS) is 1. The summed E-state index contributed by atoms with van der Waals surface area (Å²) in [4.78, 5) is 64.7. The second-order valence-electron chi connectivity index (χ2n) is 23.5. The van der Waals surface area contributed by atoms with Crippen LogP contribution in [0.1, 0.15) is 177 Å². The van der Waals surface area contributed by atoms with Gasteiger partial charge in [-0.2, -0.15) is 0 Å². The minimum Gasteiger partial charge on any atom is -0.481 e. The lowest BCUT2D eigenvalue weighted by Gasteiger charge is -2.72. The van der Waals surface area contributed by atoms with Gasteiger partial charge in [-0.15, -0.1) is 0 Å². The second kappa shape index (κ2) is 19.9. The predicted octanol–water partition coefficient (Wildman–Crippen LogP) is 10.8. The number of nitrogens with one attached hydrogen (secondary N) is 2. The van der Waals surface area contributed by atoms with Crippen molar-refractivity contribution < 1.29 is 38.6 Å². The summed E-state index contributed by atoms with van der Waals surface area (Å²) in [6.45, 7) is 22.9. The summed E-state index contributed by atoms with van der Waals surface area (Å²) in [6, 6.07) is 8.93. The Hall–Kier alpha value is -3.69. The quantitative estimate of drug-likeness (QED) is 0.0706. The zero-order valence-electron chi connectivity index (χ0n) is 41.6. The highest BCUT2D eigenvalue weighted by atomic mass is 16.5. The first-order valence-electron chi connectivity index (χ1n) is 25.3. The van der Waals surface area contributed by atoms with Crippen LogP contribution in [0.15, 0.2) is 42.5 Å². The highest BCUT2D eigenvalue weighted by Crippen LogP contribution is 2.77. The Morgan fingerprint density at radius 3 is 2.15 bits per heavy atom. The summed E-state index contributed by atoms with van der Waals surface area (Å²) in [6.07, 6.45) is 16.4. The molecule has 11 atom stereocenters. The monoisotopic (exact) mass is 901 g/mol. The number of methoxy groups -OCH3 is 1. The van der Waals surface area contributed by atoms with E-state index in [-0.39, 0.29) is 51.4 Å². The van der Waals surface area contributed by atoms with Gasteiger partial charge in [0.15, 0.2) is 0 Å². The molecular formula is C55H84N2O8. The van der Waals surface area contributed by atoms with Gasteiger partial charge in [0.1, 0.15) is 12.1 Å². The van der Waals surface area contributed by atoms with Gasteiger partial charge in [-0.1, -0.05) is 103 Å². The number of amides is 2. The Kier molecular flexibility index (Phi) is 15.5. The molecule has 0 bridgehead atoms. The molecule has 10 nitrogen and oxygen atoms in total. The van der Waals surface area contributed by atoms with Crippen LogP contribution in [0.25, 0.3) is 0 Å². The number of carbonyl (C=O) groups is 5. The van der Waals surface area contributed by atoms with Crippen LogP contribution in [0.5, 0.6) is 0 Å². The molecule has 65 heavy (non-hydrogen) atoms. The number of aliphatic carboxylic acids is 1. The minimum absolute atomic E-state index is 0.0930. The van der Waals surface area contributed by atoms with Crippen LogP contribution in [0.2, 0.25) is 0 Å². The SMILES string of the molecule is C=C(C)[C@@H]1CC[C@]2(C(=O)NCCCCCCCCC(=O)N[C@H](Cc3ccccc3)C(=O)OC)CC[C@]3(C)[C@H](CC[C@@H]4[C@@]5(C)CC[C@H](OC(=O)CC(C)(C)C(=O)O)C(C)(C)[C@@H]5CC[C@]43C)[C@@H]12. The maximum Gasteiger partial charge on any atom is 0.328 e. The molecule has 1 aromatic rings. The van der Waals surface area contributed by atoms with Gasteiger partial charge in [-0.05, 0) is 149 Å². The molecule has 0 aromatic heterocycles. The number of benzene rings is 1. The molecule has 3 N–H and O–H groups in total. The van der Waals surface area contributed by atoms with E-state index in [0.29, 0.717) is 49.0 Å². The van der Waals surface area contributed by atoms with Gasteiger partial charge in [-0.3, -0.25) is 19.2 Å². The minimum atomic E-state index is -1.17. The fourth-order valence-corrected chi connectivity index (χ4v) is 15.3. The fourth-order valence-electron chi connectivity index (χ4n) is 15.3. The number of allylic oxidation sites excluding steroid dienone is 1. The maximum atomic E-state index is 14.6. The molecule has 2 amide bonds. The maximum absolute atomic E-state index is 14.6. The van der Waals surface area contributed by atoms with Gasteiger partial charge < -0.3 is 25.2 Å². The van der Waals surface area contributed by atoms with Crippen molar-refractivity contribution >= 4 is 29.7 Å². The number of unbranched alkanes of at least 4 members (excludes halogenated alkanes) is 5. The van der Waals surface area contributed by atoms with E-state index < -0.39 is 29.4 Å². The van der Waals surface area contributed by atoms with Gasteiger partial charge in [0.05, 0.1) is 24.4 Å². The molecule has 6 rings (SSSR count). The molecule has 1 aromatic carbocycles. The molecule has 0 aliphatic heterocycles. The fraction of sp³-hybridized carbons (Fsp3) is 0.764. The molecule has 5 saturated carbocycles. The molecule has 362 valence electrons. The van der Waals surface area contributed by atoms with Crippen molar-refractivity contribution in [2.75, 3.05) is 13.7 Å². The van der Waals surface area contributed by atoms with Crippen LogP contribution in [0, 0.1) is 62.1 Å². The summed E-state index contributed by atoms with van der Waals surface area (Å²) in [5.74, 6) is 0.317. The lowest BCUT2D eigenvalue weighted by molar-refractivity contribution is -0.249. The number of hydrogen-bond donors (Lipinski definition) is 3. The first-order chi connectivity index (χ1) is 30.6. The first-order valence-corrected chi connectivity index (χ1v) is 25.3. The third-order valence-electron chi connectivity index (χ3n) is 19.1. The van der Waals surface area contributed by atoms with Crippen LogP contribution in [0.4, 0.5) is 0 Å². The number of rotatable bonds is 19. The zero-order chi connectivity index (χ0) is 47.6. The Morgan fingerprint density at radius 1 is 0.815 bits per heavy atom. The zero-order valence-corrected chi connectivity index (χ0v) is 41.6. The van der Waals surface area contributed by atoms with Crippen molar-refractivity contribution in [1.29, 1.82) is 0 Å². The Labute approximate surface area is 391 Å². The average molecular weight is 901 g/mol. The van der Waals surface area contributed by atoms with Crippen molar-refractivity contribution in [2.24, 2.45) is 62.1 Å². The number of ether oxygens (including phenoxy) is 2. The summed E-state index contributed by atoms with van der Waals surface area (Å²) in [5, 5.41) is 16.0. The molecule has 0 unspecified atom stereocenters. The third kappa shape index (κ3) is 9.85. The molecule has 0 saturated heterocycles. The smallest absolute Gasteiger partial charge is 0.328 e. The van der Waals surface area contributed by atoms with Crippen molar-refractivity contribution in [3.05, 3.63) is 48.0 Å². The topological polar surface area (TPSA) is 148 Å². The van der Waals surface area contributed by atoms with Crippen molar-refractivity contribution in [3.8, 4) is 0 Å². The van der Waals surface area contributed by atoms with E-state index in [1.54, 1.807) is 13.8 Å². The van der Waals surface area contributed by atoms with Gasteiger partial charge >= 0.3 is 17.9 Å². The molecule has 10 heteroatoms. The summed E-state index contributed by atoms with van der Waals surface area (Å²) < 4.78 is 11.1. The highest BCUT2D eigenvalue weighted by molar-refractivity contribution is 5.85. The number of carbonyl (C=O) groups excluding carboxylic acids is 4. The standard InChI is InChI=1S/C55H84N2O8/c1-36(2)38-25-30-55(48(61)56-33-19-14-12-11-13-18-22-44(58)57-40(47(60)64-10)34-37-20-16-15-17-21-37)32-31-53(8)39(46(38)55)23-24-42-52(7)28-27-43(65-45(59)35-50(3,4)49(62)63)51(5,6)41(52)26-29-54(42,53)9/h15-17,20-21,38-43,46H,1,11-14,18-19,22-35H2,2-10H3,(H,56,61)(H,57,58)(H,62,63)/t38-,39+,40+,41-,42+,43-,46+,52-,53+,54+,55-/m0/s1. The number of fused-ring (bicyclic) bond motifs is 7. The normalized spacial score (nSPS) is 34.0. The van der Waals surface area contributed by atoms with Crippen molar-refractivity contribution in [2.45, 2.75) is 190 Å². The van der Waals surface area contributed by atoms with E-state index in [1.165, 1.54) is 12.7 Å². The Morgan fingerprint density at radius 2 is 1.49 bits per heavy atom. The van der Waals surface area contributed by atoms with Gasteiger partial charge in [-0.25, -0.2) is 4.79 Å². The molecule has 0 heterocycles. The first kappa shape index (κ1) is 50.7. The van der Waals surface area contributed by atoms with E-state index in [4.69, 9.17) is 9.47 Å². The molecule has 5 fully saturated rings. The Bertz CT molecular complexity index is 1910. The summed E-state index contributed by atoms with van der Waals surface area (Å²) in [5.41, 5.74) is 0.753. The third-order valence-corrected chi connectivity index (χ3v) is 19.1.